The molecule has 0 atom stereocenters. The number of benzene rings is 3. The van der Waals surface area contributed by atoms with Crippen LogP contribution < -0.4 is 0 Å². The van der Waals surface area contributed by atoms with E-state index in [1.54, 1.807) is 0 Å². The molecule has 0 aliphatic heterocycles. The van der Waals surface area contributed by atoms with Gasteiger partial charge >= 0.3 is 0 Å². The fraction of sp³-hybridized carbons (Fsp3) is 0. The summed E-state index contributed by atoms with van der Waals surface area (Å²) in [6, 6.07) is 21.4. The van der Waals surface area contributed by atoms with Crippen LogP contribution in [0, 0.1) is 10.8 Å². The first-order valence-electron chi connectivity index (χ1n) is 5.02. The molecular formula is C14H10N2. The highest BCUT2D eigenvalue weighted by Crippen LogP contribution is 2.24. The lowest BCUT2D eigenvalue weighted by Crippen LogP contribution is -1.75. The molecule has 0 saturated heterocycles. The lowest BCUT2D eigenvalue weighted by atomic mass is 10.0. The monoisotopic (exact) mass is 206 g/mol. The molecular weight excluding hydrogens is 196 g/mol. The van der Waals surface area contributed by atoms with E-state index >= 15 is 0 Å². The van der Waals surface area contributed by atoms with Gasteiger partial charge in [0.2, 0.25) is 0 Å². The van der Waals surface area contributed by atoms with Crippen LogP contribution in [0.15, 0.2) is 60.7 Å². The van der Waals surface area contributed by atoms with Gasteiger partial charge in [0, 0.05) is 10.8 Å². The maximum absolute atomic E-state index is 6.00. The molecule has 0 spiro atoms. The van der Waals surface area contributed by atoms with E-state index in [-0.39, 0.29) is 0 Å². The Labute approximate surface area is 93.6 Å². The second-order valence-corrected chi connectivity index (χ2v) is 3.51. The second-order valence-electron chi connectivity index (χ2n) is 3.51. The molecule has 0 saturated carbocycles. The first-order chi connectivity index (χ1) is 7.95. The van der Waals surface area contributed by atoms with Crippen molar-refractivity contribution in [1.82, 2.24) is 0 Å². The van der Waals surface area contributed by atoms with E-state index in [0.29, 0.717) is 0 Å². The van der Waals surface area contributed by atoms with E-state index in [9.17, 15) is 0 Å². The third kappa shape index (κ3) is 1.59. The molecule has 0 bridgehead atoms. The van der Waals surface area contributed by atoms with Crippen LogP contribution in [0.4, 0.5) is 0 Å². The molecule has 0 amide bonds. The number of rotatable bonds is 0. The van der Waals surface area contributed by atoms with Crippen molar-refractivity contribution in [2.75, 3.05) is 0 Å². The fourth-order valence-corrected chi connectivity index (χ4v) is 1.95. The Balaban J connectivity index is 0.000000457. The number of nitrogens with zero attached hydrogens (tertiary/aromatic N) is 2. The molecule has 3 aromatic carbocycles. The molecule has 0 N–H and O–H groups in total. The van der Waals surface area contributed by atoms with E-state index in [2.05, 4.69) is 60.7 Å². The van der Waals surface area contributed by atoms with Gasteiger partial charge < -0.3 is 0 Å². The Morgan fingerprint density at radius 1 is 0.500 bits per heavy atom. The molecule has 2 heteroatoms. The predicted octanol–water partition coefficient (Wildman–Crippen LogP) is 4.02. The SMILES string of the molecule is N#N.c1ccc2c(c1)ccc1ccccc12. The normalized spacial score (nSPS) is 9.62. The van der Waals surface area contributed by atoms with Crippen LogP contribution in [-0.4, -0.2) is 0 Å². The van der Waals surface area contributed by atoms with E-state index in [0.717, 1.165) is 0 Å². The van der Waals surface area contributed by atoms with Crippen molar-refractivity contribution in [1.29, 1.82) is 10.8 Å². The van der Waals surface area contributed by atoms with Crippen molar-refractivity contribution in [3.05, 3.63) is 60.7 Å². The van der Waals surface area contributed by atoms with Gasteiger partial charge in [-0.3, -0.25) is 0 Å². The van der Waals surface area contributed by atoms with Gasteiger partial charge in [-0.05, 0) is 21.5 Å². The quantitative estimate of drug-likeness (QED) is 0.412. The topological polar surface area (TPSA) is 47.6 Å². The second kappa shape index (κ2) is 4.41. The number of hydrogen-bond donors (Lipinski definition) is 0. The molecule has 0 aliphatic carbocycles. The molecule has 2 nitrogen and oxygen atoms in total. The van der Waals surface area contributed by atoms with Gasteiger partial charge in [0.25, 0.3) is 0 Å². The van der Waals surface area contributed by atoms with Gasteiger partial charge in [-0.15, -0.1) is 0 Å². The van der Waals surface area contributed by atoms with E-state index in [1.165, 1.54) is 21.5 Å². The zero-order valence-electron chi connectivity index (χ0n) is 8.67. The summed E-state index contributed by atoms with van der Waals surface area (Å²) >= 11 is 0. The average Bonchev–Trinajstić information content (AvgIpc) is 2.41. The number of hydrogen-bond acceptors (Lipinski definition) is 2. The van der Waals surface area contributed by atoms with Gasteiger partial charge in [-0.1, -0.05) is 60.7 Å². The van der Waals surface area contributed by atoms with E-state index < -0.39 is 0 Å². The van der Waals surface area contributed by atoms with Gasteiger partial charge in [0.1, 0.15) is 0 Å². The van der Waals surface area contributed by atoms with Gasteiger partial charge in [0.15, 0.2) is 0 Å². The minimum Gasteiger partial charge on any atom is -0.0616 e. The summed E-state index contributed by atoms with van der Waals surface area (Å²) in [5.41, 5.74) is 0. The van der Waals surface area contributed by atoms with Crippen molar-refractivity contribution < 1.29 is 0 Å². The zero-order valence-corrected chi connectivity index (χ0v) is 8.67. The van der Waals surface area contributed by atoms with Crippen LogP contribution in [0.3, 0.4) is 0 Å². The van der Waals surface area contributed by atoms with Crippen LogP contribution in [0.2, 0.25) is 0 Å². The van der Waals surface area contributed by atoms with Crippen LogP contribution in [0.1, 0.15) is 0 Å². The largest absolute Gasteiger partial charge is 0.0616 e. The minimum atomic E-state index is 1.31. The predicted molar refractivity (Wildman–Crippen MR) is 64.9 cm³/mol. The summed E-state index contributed by atoms with van der Waals surface area (Å²) in [6.45, 7) is 0. The molecule has 0 fully saturated rings. The summed E-state index contributed by atoms with van der Waals surface area (Å²) in [6.07, 6.45) is 0. The van der Waals surface area contributed by atoms with Crippen molar-refractivity contribution >= 4 is 21.5 Å². The van der Waals surface area contributed by atoms with Crippen LogP contribution in [0.5, 0.6) is 0 Å². The maximum atomic E-state index is 6.00. The first kappa shape index (κ1) is 10.1. The summed E-state index contributed by atoms with van der Waals surface area (Å²) in [4.78, 5) is 0. The van der Waals surface area contributed by atoms with Crippen molar-refractivity contribution in [3.8, 4) is 0 Å². The van der Waals surface area contributed by atoms with Crippen LogP contribution in [-0.2, 0) is 0 Å². The van der Waals surface area contributed by atoms with Crippen LogP contribution in [0.25, 0.3) is 21.5 Å². The summed E-state index contributed by atoms with van der Waals surface area (Å²) in [7, 11) is 0. The smallest absolute Gasteiger partial charge is 0 e. The van der Waals surface area contributed by atoms with E-state index in [4.69, 9.17) is 10.8 Å². The molecule has 0 radical (unpaired) electrons. The average molecular weight is 206 g/mol. The molecule has 0 aliphatic rings. The highest BCUT2D eigenvalue weighted by Gasteiger charge is 1.97. The summed E-state index contributed by atoms with van der Waals surface area (Å²) in [5, 5.41) is 17.3. The Kier molecular flexibility index (Phi) is 2.79. The molecule has 0 aromatic heterocycles. The Bertz CT molecular complexity index is 587. The van der Waals surface area contributed by atoms with E-state index in [1.807, 2.05) is 0 Å². The third-order valence-electron chi connectivity index (χ3n) is 2.65. The van der Waals surface area contributed by atoms with Gasteiger partial charge in [-0.2, -0.15) is 0 Å². The van der Waals surface area contributed by atoms with Crippen molar-refractivity contribution in [2.45, 2.75) is 0 Å². The van der Waals surface area contributed by atoms with Gasteiger partial charge in [-0.25, -0.2) is 0 Å². The molecule has 0 heterocycles. The van der Waals surface area contributed by atoms with Crippen LogP contribution >= 0.6 is 0 Å². The standard InChI is InChI=1S/C14H10.N2/c1-3-7-13-11(5-1)9-10-12-6-2-4-8-14(12)13;1-2/h1-10H;. The number of fused-ring (bicyclic) bond motifs is 3. The Morgan fingerprint density at radius 2 is 0.875 bits per heavy atom. The first-order valence-corrected chi connectivity index (χ1v) is 5.02. The van der Waals surface area contributed by atoms with Crippen molar-refractivity contribution in [2.24, 2.45) is 0 Å². The fourth-order valence-electron chi connectivity index (χ4n) is 1.95. The summed E-state index contributed by atoms with van der Waals surface area (Å²) in [5.74, 6) is 0. The zero-order chi connectivity index (χ0) is 11.4. The molecule has 3 aromatic rings. The third-order valence-corrected chi connectivity index (χ3v) is 2.65. The molecule has 16 heavy (non-hydrogen) atoms. The minimum absolute atomic E-state index is 1.31. The lowest BCUT2D eigenvalue weighted by molar-refractivity contribution is 1.15. The van der Waals surface area contributed by atoms with Gasteiger partial charge in [0.05, 0.1) is 0 Å². The Morgan fingerprint density at radius 3 is 1.31 bits per heavy atom. The lowest BCUT2D eigenvalue weighted by Gasteiger charge is -2.02. The molecule has 76 valence electrons. The molecule has 3 rings (SSSR count). The highest BCUT2D eigenvalue weighted by atomic mass is 14.6. The Hall–Kier alpha value is -2.40. The molecule has 0 unspecified atom stereocenters. The summed E-state index contributed by atoms with van der Waals surface area (Å²) < 4.78 is 0. The van der Waals surface area contributed by atoms with Crippen molar-refractivity contribution in [3.63, 3.8) is 0 Å². The maximum Gasteiger partial charge on any atom is 0 e. The highest BCUT2D eigenvalue weighted by molar-refractivity contribution is 6.07.